The molecule has 0 fully saturated rings. The largest absolute Gasteiger partial charge is 0.298 e. The predicted molar refractivity (Wildman–Crippen MR) is 118 cm³/mol. The molecule has 0 N–H and O–H groups in total. The van der Waals surface area contributed by atoms with Crippen LogP contribution in [0.25, 0.3) is 0 Å². The van der Waals surface area contributed by atoms with Gasteiger partial charge in [0.2, 0.25) is 5.95 Å². The summed E-state index contributed by atoms with van der Waals surface area (Å²) in [7, 11) is 0. The van der Waals surface area contributed by atoms with Gasteiger partial charge in [0.05, 0.1) is 13.3 Å². The number of benzene rings is 2. The van der Waals surface area contributed by atoms with Crippen molar-refractivity contribution in [1.82, 2.24) is 14.5 Å². The molecule has 0 unspecified atom stereocenters. The molecule has 2 heterocycles. The van der Waals surface area contributed by atoms with E-state index >= 15 is 0 Å². The van der Waals surface area contributed by atoms with Crippen LogP contribution in [0.3, 0.4) is 0 Å². The third kappa shape index (κ3) is 4.17. The molecule has 0 bridgehead atoms. The Morgan fingerprint density at radius 1 is 1.00 bits per heavy atom. The van der Waals surface area contributed by atoms with Gasteiger partial charge in [0.25, 0.3) is 5.56 Å². The van der Waals surface area contributed by atoms with E-state index in [4.69, 9.17) is 28.2 Å². The van der Waals surface area contributed by atoms with Gasteiger partial charge in [-0.25, -0.2) is 4.98 Å². The fraction of sp³-hybridized carbons (Fsp3) is 0.273. The van der Waals surface area contributed by atoms with E-state index in [0.717, 1.165) is 24.3 Å². The van der Waals surface area contributed by atoms with Crippen molar-refractivity contribution in [2.24, 2.45) is 0 Å². The average molecular weight is 429 g/mol. The van der Waals surface area contributed by atoms with Crippen LogP contribution in [0.1, 0.15) is 16.8 Å². The van der Waals surface area contributed by atoms with E-state index in [1.807, 2.05) is 49.1 Å². The summed E-state index contributed by atoms with van der Waals surface area (Å²) in [5.41, 5.74) is 3.46. The Labute approximate surface area is 180 Å². The molecule has 0 saturated heterocycles. The SMILES string of the molecule is Cc1nc2n(c(=O)c1C)CN(CCc1ccccc1)CN2c1cc(Cl)cc(Cl)c1. The van der Waals surface area contributed by atoms with Crippen LogP contribution >= 0.6 is 23.2 Å². The third-order valence-corrected chi connectivity index (χ3v) is 5.70. The van der Waals surface area contributed by atoms with E-state index in [9.17, 15) is 4.79 Å². The Bertz CT molecular complexity index is 1080. The first kappa shape index (κ1) is 20.0. The number of hydrogen-bond donors (Lipinski definition) is 0. The molecule has 3 aromatic rings. The maximum Gasteiger partial charge on any atom is 0.259 e. The summed E-state index contributed by atoms with van der Waals surface area (Å²) in [5.74, 6) is 0.618. The molecule has 5 nitrogen and oxygen atoms in total. The summed E-state index contributed by atoms with van der Waals surface area (Å²) < 4.78 is 1.73. The predicted octanol–water partition coefficient (Wildman–Crippen LogP) is 4.78. The van der Waals surface area contributed by atoms with Gasteiger partial charge in [-0.15, -0.1) is 0 Å². The van der Waals surface area contributed by atoms with E-state index in [-0.39, 0.29) is 5.56 Å². The molecule has 0 spiro atoms. The van der Waals surface area contributed by atoms with Gasteiger partial charge >= 0.3 is 0 Å². The highest BCUT2D eigenvalue weighted by atomic mass is 35.5. The van der Waals surface area contributed by atoms with Gasteiger partial charge in [-0.1, -0.05) is 53.5 Å². The number of rotatable bonds is 4. The quantitative estimate of drug-likeness (QED) is 0.599. The highest BCUT2D eigenvalue weighted by molar-refractivity contribution is 6.35. The molecule has 0 amide bonds. The zero-order chi connectivity index (χ0) is 20.5. The van der Waals surface area contributed by atoms with Crippen molar-refractivity contribution in [1.29, 1.82) is 0 Å². The van der Waals surface area contributed by atoms with E-state index < -0.39 is 0 Å². The summed E-state index contributed by atoms with van der Waals surface area (Å²) in [6.45, 7) is 5.59. The molecule has 0 saturated carbocycles. The van der Waals surface area contributed by atoms with Crippen molar-refractivity contribution in [3.05, 3.63) is 85.8 Å². The maximum absolute atomic E-state index is 13.0. The zero-order valence-corrected chi connectivity index (χ0v) is 17.9. The van der Waals surface area contributed by atoms with Gasteiger partial charge in [-0.2, -0.15) is 0 Å². The van der Waals surface area contributed by atoms with Crippen molar-refractivity contribution >= 4 is 34.8 Å². The fourth-order valence-corrected chi connectivity index (χ4v) is 4.06. The molecule has 0 aliphatic carbocycles. The van der Waals surface area contributed by atoms with Gasteiger partial charge in [-0.05, 0) is 44.0 Å². The van der Waals surface area contributed by atoms with E-state index in [1.165, 1.54) is 5.56 Å². The first-order valence-electron chi connectivity index (χ1n) is 9.50. The lowest BCUT2D eigenvalue weighted by Gasteiger charge is -2.38. The molecule has 29 heavy (non-hydrogen) atoms. The summed E-state index contributed by atoms with van der Waals surface area (Å²) in [5, 5.41) is 1.10. The summed E-state index contributed by atoms with van der Waals surface area (Å²) in [6, 6.07) is 15.7. The lowest BCUT2D eigenvalue weighted by molar-refractivity contribution is 0.200. The van der Waals surface area contributed by atoms with Crippen LogP contribution in [0.2, 0.25) is 10.0 Å². The number of aryl methyl sites for hydroxylation is 1. The number of aromatic nitrogens is 2. The monoisotopic (exact) mass is 428 g/mol. The first-order valence-corrected chi connectivity index (χ1v) is 10.3. The molecular weight excluding hydrogens is 407 g/mol. The molecule has 1 aliphatic heterocycles. The van der Waals surface area contributed by atoms with Crippen LogP contribution in [0.5, 0.6) is 0 Å². The minimum atomic E-state index is -0.0185. The standard InChI is InChI=1S/C22H22Cl2N4O/c1-15-16(2)25-22-27(20-11-18(23)10-19(24)12-20)13-26(14-28(22)21(15)29)9-8-17-6-4-3-5-7-17/h3-7,10-12H,8-9,13-14H2,1-2H3. The average Bonchev–Trinajstić information content (AvgIpc) is 2.70. The Morgan fingerprint density at radius 2 is 1.69 bits per heavy atom. The minimum Gasteiger partial charge on any atom is -0.298 e. The molecule has 0 radical (unpaired) electrons. The fourth-order valence-electron chi connectivity index (χ4n) is 3.55. The number of anilines is 2. The Morgan fingerprint density at radius 3 is 2.38 bits per heavy atom. The van der Waals surface area contributed by atoms with Crippen LogP contribution in [-0.4, -0.2) is 27.7 Å². The molecule has 0 atom stereocenters. The molecule has 1 aromatic heterocycles. The Hall–Kier alpha value is -2.34. The highest BCUT2D eigenvalue weighted by Crippen LogP contribution is 2.32. The number of hydrogen-bond acceptors (Lipinski definition) is 4. The highest BCUT2D eigenvalue weighted by Gasteiger charge is 2.27. The zero-order valence-electron chi connectivity index (χ0n) is 16.4. The van der Waals surface area contributed by atoms with Crippen molar-refractivity contribution in [2.45, 2.75) is 26.9 Å². The normalized spacial score (nSPS) is 14.1. The second-order valence-corrected chi connectivity index (χ2v) is 8.20. The maximum atomic E-state index is 13.0. The smallest absolute Gasteiger partial charge is 0.259 e. The van der Waals surface area contributed by atoms with E-state index in [2.05, 4.69) is 17.0 Å². The van der Waals surface area contributed by atoms with E-state index in [1.54, 1.807) is 10.6 Å². The van der Waals surface area contributed by atoms with Crippen LogP contribution < -0.4 is 10.5 Å². The topological polar surface area (TPSA) is 41.4 Å². The van der Waals surface area contributed by atoms with Crippen LogP contribution in [0, 0.1) is 13.8 Å². The van der Waals surface area contributed by atoms with Crippen molar-refractivity contribution < 1.29 is 0 Å². The van der Waals surface area contributed by atoms with Crippen LogP contribution in [-0.2, 0) is 13.1 Å². The van der Waals surface area contributed by atoms with Gasteiger partial charge in [0.15, 0.2) is 0 Å². The Kier molecular flexibility index (Phi) is 5.63. The van der Waals surface area contributed by atoms with Gasteiger partial charge in [-0.3, -0.25) is 19.2 Å². The summed E-state index contributed by atoms with van der Waals surface area (Å²) in [6.07, 6.45) is 0.896. The summed E-state index contributed by atoms with van der Waals surface area (Å²) in [4.78, 5) is 21.9. The lowest BCUT2D eigenvalue weighted by Crippen LogP contribution is -2.48. The number of nitrogens with zero attached hydrogens (tertiary/aromatic N) is 4. The van der Waals surface area contributed by atoms with Crippen LogP contribution in [0.4, 0.5) is 11.6 Å². The van der Waals surface area contributed by atoms with Gasteiger partial charge in [0, 0.05) is 33.5 Å². The third-order valence-electron chi connectivity index (χ3n) is 5.26. The molecule has 4 rings (SSSR count). The van der Waals surface area contributed by atoms with Gasteiger partial charge in [0.1, 0.15) is 0 Å². The second kappa shape index (κ2) is 8.19. The summed E-state index contributed by atoms with van der Waals surface area (Å²) >= 11 is 12.5. The molecule has 1 aliphatic rings. The number of halogens is 2. The molecule has 7 heteroatoms. The van der Waals surface area contributed by atoms with Gasteiger partial charge < -0.3 is 0 Å². The Balaban J connectivity index is 1.72. The second-order valence-electron chi connectivity index (χ2n) is 7.32. The van der Waals surface area contributed by atoms with Crippen molar-refractivity contribution in [2.75, 3.05) is 18.1 Å². The lowest BCUT2D eigenvalue weighted by atomic mass is 10.1. The van der Waals surface area contributed by atoms with Crippen molar-refractivity contribution in [3.63, 3.8) is 0 Å². The van der Waals surface area contributed by atoms with E-state index in [0.29, 0.717) is 34.9 Å². The minimum absolute atomic E-state index is 0.0185. The van der Waals surface area contributed by atoms with Crippen LogP contribution in [0.15, 0.2) is 53.3 Å². The first-order chi connectivity index (χ1) is 13.9. The number of fused-ring (bicyclic) bond motifs is 1. The molecular formula is C22H22Cl2N4O. The molecule has 150 valence electrons. The molecule has 2 aromatic carbocycles. The van der Waals surface area contributed by atoms with Crippen molar-refractivity contribution in [3.8, 4) is 0 Å².